The number of carbonyl (C=O) groups excluding carboxylic acids is 8. The second kappa shape index (κ2) is 30.6. The molecule has 1 unspecified atom stereocenters. The van der Waals surface area contributed by atoms with Crippen LogP contribution in [0, 0.1) is 44.8 Å². The standard InChI is InChI=1S/C31H51F3N6O7S.C15H22N2O3.C15H24N2O2/c1-28(2,3)19(15-39(9)48(46,47)31(32,33)34)37-27(45)38-23(29(4,5)6)26(44)40-14-17-20(30(17,7)8)21(40)25(43)36-18(22(41)24(35)42)13-16-11-10-12-16;1-15(2,3)12(13(18)16-4)17-14(19)20-10-11-8-6-5-7-9-11;1-15(2,3)13(10-16-4)17-14(18)19-11-12-8-6-5-7-9-12/h16-21,23H,10-15H2,1-9H3,(H2,35,42)(H,36,43)(H2,37,38,45);5-9,12H,10H2,1-4H3,(H,16,18)(H,17,19);5-9,13,16H,10-11H2,1-4H3,(H,17,18)/t17-,18?,19+,20-,21-,23+;12-;13-/m011/s1. The number of ketones is 1. The van der Waals surface area contributed by atoms with Crippen molar-refractivity contribution in [1.82, 2.24) is 46.4 Å². The van der Waals surface area contributed by atoms with Crippen molar-refractivity contribution < 1.29 is 69.4 Å². The Hall–Kier alpha value is -6.54. The number of ether oxygens (including phenoxy) is 2. The first-order valence-corrected chi connectivity index (χ1v) is 30.7. The lowest BCUT2D eigenvalue weighted by Crippen LogP contribution is -2.63. The number of piperidine rings is 1. The Labute approximate surface area is 512 Å². The summed E-state index contributed by atoms with van der Waals surface area (Å²) in [5.41, 5.74) is -0.895. The van der Waals surface area contributed by atoms with Crippen LogP contribution < -0.4 is 43.0 Å². The summed E-state index contributed by atoms with van der Waals surface area (Å²) < 4.78 is 73.9. The summed E-state index contributed by atoms with van der Waals surface area (Å²) in [6, 6.07) is 13.0. The number of primary amides is 1. The van der Waals surface area contributed by atoms with Crippen molar-refractivity contribution in [2.24, 2.45) is 50.6 Å². The summed E-state index contributed by atoms with van der Waals surface area (Å²) in [5.74, 6) is -3.63. The fourth-order valence-corrected chi connectivity index (χ4v) is 10.8. The van der Waals surface area contributed by atoms with Gasteiger partial charge in [-0.1, -0.05) is 177 Å². The zero-order chi connectivity index (χ0) is 66.4. The van der Waals surface area contributed by atoms with Gasteiger partial charge in [0.15, 0.2) is 0 Å². The molecule has 0 bridgehead atoms. The molecule has 1 heterocycles. The van der Waals surface area contributed by atoms with E-state index in [2.05, 4.69) is 58.0 Å². The number of nitrogens with zero attached hydrogens (tertiary/aromatic N) is 2. The molecule has 8 atom stereocenters. The number of benzene rings is 2. The number of fused-ring (bicyclic) bond motifs is 1. The van der Waals surface area contributed by atoms with Crippen molar-refractivity contribution >= 4 is 57.7 Å². The van der Waals surface area contributed by atoms with Crippen molar-refractivity contribution in [3.05, 3.63) is 71.8 Å². The normalized spacial score (nSPS) is 19.2. The number of carbonyl (C=O) groups is 8. The molecule has 2 aromatic rings. The fourth-order valence-electron chi connectivity index (χ4n) is 10.1. The van der Waals surface area contributed by atoms with Crippen LogP contribution in [0.5, 0.6) is 0 Å². The highest BCUT2D eigenvalue weighted by molar-refractivity contribution is 7.89. The first-order valence-electron chi connectivity index (χ1n) is 29.2. The van der Waals surface area contributed by atoms with Gasteiger partial charge in [-0.3, -0.25) is 24.0 Å². The molecule has 490 valence electrons. The Bertz CT molecular complexity index is 2780. The SMILES string of the molecule is CN(C[C@@H](NC(=O)N[C@H](C(=O)N1C[C@H]2[C@@H]([C@H]1C(=O)NC(CC1CCC1)C(=O)C(N)=O)C2(C)C)C(C)(C)C)C(C)(C)C)S(=O)(=O)C(F)(F)F.CNC(=O)[C@@H](NC(=O)OCc1ccccc1)C(C)(C)C.CNC[C@@H](NC(=O)OCc1ccccc1)C(C)(C)C. The van der Waals surface area contributed by atoms with Crippen molar-refractivity contribution in [2.45, 2.75) is 178 Å². The van der Waals surface area contributed by atoms with Gasteiger partial charge in [0.1, 0.15) is 31.3 Å². The molecule has 1 aliphatic heterocycles. The average Bonchev–Trinajstić information content (AvgIpc) is 1.53. The van der Waals surface area contributed by atoms with E-state index in [1.807, 2.05) is 102 Å². The molecular weight excluding hydrogens is 1150 g/mol. The first-order chi connectivity index (χ1) is 39.9. The number of likely N-dealkylation sites (N-methyl/N-ethyl adjacent to an activating group) is 3. The number of nitrogens with one attached hydrogen (secondary N) is 7. The number of rotatable bonds is 21. The lowest BCUT2D eigenvalue weighted by Gasteiger charge is -2.39. The van der Waals surface area contributed by atoms with Gasteiger partial charge in [-0.15, -0.1) is 0 Å². The van der Waals surface area contributed by atoms with Crippen LogP contribution in [0.2, 0.25) is 0 Å². The van der Waals surface area contributed by atoms with Crippen molar-refractivity contribution in [1.29, 1.82) is 0 Å². The monoisotopic (exact) mass is 1250 g/mol. The number of urea groups is 1. The minimum Gasteiger partial charge on any atom is -0.445 e. The van der Waals surface area contributed by atoms with E-state index in [1.54, 1.807) is 41.5 Å². The molecular formula is C61H97F3N10O12S. The summed E-state index contributed by atoms with van der Waals surface area (Å²) in [6.07, 6.45) is 1.97. The van der Waals surface area contributed by atoms with E-state index in [4.69, 9.17) is 15.2 Å². The van der Waals surface area contributed by atoms with Crippen LogP contribution >= 0.6 is 0 Å². The van der Waals surface area contributed by atoms with Gasteiger partial charge in [0.25, 0.3) is 5.91 Å². The number of hydrogen-bond donors (Lipinski definition) is 8. The number of amides is 8. The van der Waals surface area contributed by atoms with E-state index in [1.165, 1.54) is 11.9 Å². The minimum absolute atomic E-state index is 0.0191. The molecule has 87 heavy (non-hydrogen) atoms. The van der Waals surface area contributed by atoms with E-state index >= 15 is 0 Å². The molecule has 26 heteroatoms. The zero-order valence-electron chi connectivity index (χ0n) is 53.7. The summed E-state index contributed by atoms with van der Waals surface area (Å²) in [5, 5.41) is 19.0. The molecule has 5 rings (SSSR count). The van der Waals surface area contributed by atoms with Gasteiger partial charge in [-0.05, 0) is 69.4 Å². The van der Waals surface area contributed by atoms with Gasteiger partial charge >= 0.3 is 33.7 Å². The predicted molar refractivity (Wildman–Crippen MR) is 324 cm³/mol. The third-order valence-electron chi connectivity index (χ3n) is 16.1. The highest BCUT2D eigenvalue weighted by Gasteiger charge is 2.70. The Kier molecular flexibility index (Phi) is 26.3. The van der Waals surface area contributed by atoms with Crippen LogP contribution in [0.15, 0.2) is 60.7 Å². The maximum Gasteiger partial charge on any atom is 0.511 e. The van der Waals surface area contributed by atoms with E-state index in [0.717, 1.165) is 37.4 Å². The summed E-state index contributed by atoms with van der Waals surface area (Å²) in [7, 11) is -1.50. The third-order valence-corrected chi connectivity index (χ3v) is 17.7. The third kappa shape index (κ3) is 21.9. The Morgan fingerprint density at radius 2 is 1.17 bits per heavy atom. The van der Waals surface area contributed by atoms with Gasteiger partial charge in [0.05, 0.1) is 6.04 Å². The van der Waals surface area contributed by atoms with Gasteiger partial charge in [0, 0.05) is 45.8 Å². The Morgan fingerprint density at radius 1 is 0.690 bits per heavy atom. The van der Waals surface area contributed by atoms with Gasteiger partial charge < -0.3 is 57.3 Å². The molecule has 0 spiro atoms. The number of hydrogen-bond acceptors (Lipinski definition) is 13. The van der Waals surface area contributed by atoms with E-state index in [9.17, 15) is 59.9 Å². The fraction of sp³-hybridized carbons (Fsp3) is 0.672. The van der Waals surface area contributed by atoms with Crippen molar-refractivity contribution in [3.8, 4) is 0 Å². The summed E-state index contributed by atoms with van der Waals surface area (Å²) in [6.45, 7) is 26.4. The van der Waals surface area contributed by atoms with Crippen molar-refractivity contribution in [2.75, 3.05) is 40.8 Å². The molecule has 3 fully saturated rings. The smallest absolute Gasteiger partial charge is 0.445 e. The molecule has 2 aliphatic carbocycles. The Balaban J connectivity index is 0.000000414. The quantitative estimate of drug-likeness (QED) is 0.0602. The molecule has 3 aliphatic rings. The molecule has 1 saturated heterocycles. The highest BCUT2D eigenvalue weighted by atomic mass is 32.2. The number of Topliss-reactive ketones (excluding diaryl/α,β-unsaturated/α-hetero) is 1. The van der Waals surface area contributed by atoms with E-state index in [-0.39, 0.29) is 70.5 Å². The van der Waals surface area contributed by atoms with E-state index in [0.29, 0.717) is 13.2 Å². The predicted octanol–water partition coefficient (Wildman–Crippen LogP) is 6.73. The molecule has 8 amide bonds. The van der Waals surface area contributed by atoms with Crippen LogP contribution in [0.1, 0.15) is 134 Å². The number of likely N-dealkylation sites (tertiary alicyclic amines) is 1. The molecule has 0 radical (unpaired) electrons. The lowest BCUT2D eigenvalue weighted by atomic mass is 9.80. The second-order valence-corrected chi connectivity index (χ2v) is 29.6. The number of halogens is 3. The molecule has 0 aromatic heterocycles. The number of nitrogens with two attached hydrogens (primary N) is 1. The lowest BCUT2D eigenvalue weighted by molar-refractivity contribution is -0.145. The molecule has 2 aromatic carbocycles. The minimum atomic E-state index is -5.67. The summed E-state index contributed by atoms with van der Waals surface area (Å²) >= 11 is 0. The first kappa shape index (κ1) is 74.7. The van der Waals surface area contributed by atoms with Crippen LogP contribution in [0.25, 0.3) is 0 Å². The number of alkyl halides is 3. The largest absolute Gasteiger partial charge is 0.511 e. The van der Waals surface area contributed by atoms with Crippen LogP contribution in [0.4, 0.5) is 27.6 Å². The zero-order valence-corrected chi connectivity index (χ0v) is 54.6. The van der Waals surface area contributed by atoms with Gasteiger partial charge in [0.2, 0.25) is 23.5 Å². The van der Waals surface area contributed by atoms with Crippen LogP contribution in [-0.2, 0) is 56.7 Å². The number of alkyl carbamates (subject to hydrolysis) is 2. The number of sulfonamides is 1. The van der Waals surface area contributed by atoms with Crippen LogP contribution in [-0.4, -0.2) is 148 Å². The van der Waals surface area contributed by atoms with Crippen molar-refractivity contribution in [3.63, 3.8) is 0 Å². The van der Waals surface area contributed by atoms with E-state index < -0.39 is 104 Å². The summed E-state index contributed by atoms with van der Waals surface area (Å²) in [4.78, 5) is 103. The van der Waals surface area contributed by atoms with Gasteiger partial charge in [-0.25, -0.2) is 22.8 Å². The second-order valence-electron chi connectivity index (χ2n) is 27.6. The van der Waals surface area contributed by atoms with Gasteiger partial charge in [-0.2, -0.15) is 17.5 Å². The topological polar surface area (TPSA) is 306 Å². The molecule has 9 N–H and O–H groups in total. The highest BCUT2D eigenvalue weighted by Crippen LogP contribution is 2.65. The van der Waals surface area contributed by atoms with Crippen LogP contribution in [0.3, 0.4) is 0 Å². The maximum atomic E-state index is 14.2. The average molecular weight is 1250 g/mol. The Morgan fingerprint density at radius 3 is 1.57 bits per heavy atom. The molecule has 22 nitrogen and oxygen atoms in total. The maximum absolute atomic E-state index is 14.2. The molecule has 2 saturated carbocycles.